The average molecular weight is 302 g/mol. The largest absolute Gasteiger partial charge is 0.472 e. The molecule has 1 fully saturated rings. The van der Waals surface area contributed by atoms with Crippen LogP contribution >= 0.6 is 12.4 Å². The van der Waals surface area contributed by atoms with Crippen LogP contribution in [-0.4, -0.2) is 48.9 Å². The molecule has 112 valence electrons. The van der Waals surface area contributed by atoms with E-state index in [2.05, 4.69) is 10.6 Å². The minimum atomic E-state index is -0.527. The molecule has 2 rings (SSSR count). The predicted octanol–water partition coefficient (Wildman–Crippen LogP) is 0.642. The van der Waals surface area contributed by atoms with E-state index in [1.54, 1.807) is 17.9 Å². The zero-order chi connectivity index (χ0) is 13.7. The highest BCUT2D eigenvalue weighted by Gasteiger charge is 2.23. The van der Waals surface area contributed by atoms with Crippen molar-refractivity contribution in [3.05, 3.63) is 24.2 Å². The van der Waals surface area contributed by atoms with Gasteiger partial charge in [-0.3, -0.25) is 9.59 Å². The van der Waals surface area contributed by atoms with Gasteiger partial charge in [-0.1, -0.05) is 0 Å². The molecule has 2 N–H and O–H groups in total. The Morgan fingerprint density at radius 3 is 2.90 bits per heavy atom. The second-order valence-electron chi connectivity index (χ2n) is 4.64. The van der Waals surface area contributed by atoms with E-state index in [-0.39, 0.29) is 24.2 Å². The number of nitrogens with one attached hydrogen (secondary N) is 2. The lowest BCUT2D eigenvalue weighted by atomic mass is 10.2. The first kappa shape index (κ1) is 16.5. The smallest absolute Gasteiger partial charge is 0.255 e. The maximum Gasteiger partial charge on any atom is 0.255 e. The summed E-state index contributed by atoms with van der Waals surface area (Å²) in [6, 6.07) is 1.04. The van der Waals surface area contributed by atoms with E-state index in [0.29, 0.717) is 12.1 Å². The molecule has 1 aromatic rings. The normalized spacial score (nSPS) is 16.8. The molecule has 1 atom stereocenters. The topological polar surface area (TPSA) is 74.6 Å². The van der Waals surface area contributed by atoms with Crippen LogP contribution in [0.3, 0.4) is 0 Å². The summed E-state index contributed by atoms with van der Waals surface area (Å²) in [5, 5.41) is 5.93. The molecule has 20 heavy (non-hydrogen) atoms. The number of carbonyl (C=O) groups excluding carboxylic acids is 2. The number of carbonyl (C=O) groups is 2. The summed E-state index contributed by atoms with van der Waals surface area (Å²) in [5.41, 5.74) is 0.428. The van der Waals surface area contributed by atoms with Gasteiger partial charge in [0.05, 0.1) is 11.8 Å². The van der Waals surface area contributed by atoms with E-state index in [1.807, 2.05) is 0 Å². The zero-order valence-electron chi connectivity index (χ0n) is 11.4. The summed E-state index contributed by atoms with van der Waals surface area (Å²) in [7, 11) is 0. The van der Waals surface area contributed by atoms with Gasteiger partial charge in [0, 0.05) is 19.6 Å². The van der Waals surface area contributed by atoms with Gasteiger partial charge >= 0.3 is 0 Å². The summed E-state index contributed by atoms with van der Waals surface area (Å²) < 4.78 is 4.85. The molecule has 2 amide bonds. The van der Waals surface area contributed by atoms with Gasteiger partial charge in [0.15, 0.2) is 0 Å². The number of furan rings is 1. The van der Waals surface area contributed by atoms with Crippen LogP contribution in [0.15, 0.2) is 23.0 Å². The Hall–Kier alpha value is -1.53. The lowest BCUT2D eigenvalue weighted by Gasteiger charge is -2.24. The SMILES string of the molecule is CC(NC(=O)c1ccoc1)C(=O)N1CCCNCC1.Cl. The van der Waals surface area contributed by atoms with Crippen molar-refractivity contribution in [3.63, 3.8) is 0 Å². The Balaban J connectivity index is 0.00000200. The predicted molar refractivity (Wildman–Crippen MR) is 77.0 cm³/mol. The number of amides is 2. The quantitative estimate of drug-likeness (QED) is 0.859. The third-order valence-corrected chi connectivity index (χ3v) is 3.15. The number of rotatable bonds is 3. The van der Waals surface area contributed by atoms with Crippen molar-refractivity contribution >= 4 is 24.2 Å². The van der Waals surface area contributed by atoms with Gasteiger partial charge in [0.25, 0.3) is 5.91 Å². The third kappa shape index (κ3) is 4.25. The molecular formula is C13H20ClN3O3. The molecule has 0 radical (unpaired) electrons. The van der Waals surface area contributed by atoms with E-state index in [9.17, 15) is 9.59 Å². The zero-order valence-corrected chi connectivity index (χ0v) is 12.2. The molecule has 1 aliphatic rings. The highest BCUT2D eigenvalue weighted by Crippen LogP contribution is 2.03. The summed E-state index contributed by atoms with van der Waals surface area (Å²) in [6.07, 6.45) is 3.73. The fraction of sp³-hybridized carbons (Fsp3) is 0.538. The number of hydrogen-bond acceptors (Lipinski definition) is 4. The molecule has 0 aromatic carbocycles. The maximum atomic E-state index is 12.2. The first-order valence-electron chi connectivity index (χ1n) is 6.51. The van der Waals surface area contributed by atoms with Crippen LogP contribution in [0.2, 0.25) is 0 Å². The van der Waals surface area contributed by atoms with E-state index in [0.717, 1.165) is 26.1 Å². The molecule has 0 aliphatic carbocycles. The molecule has 0 spiro atoms. The van der Waals surface area contributed by atoms with Crippen molar-refractivity contribution in [2.24, 2.45) is 0 Å². The average Bonchev–Trinajstić information content (AvgIpc) is 2.81. The van der Waals surface area contributed by atoms with E-state index >= 15 is 0 Å². The molecule has 0 saturated carbocycles. The van der Waals surface area contributed by atoms with Crippen LogP contribution in [0.5, 0.6) is 0 Å². The first-order chi connectivity index (χ1) is 9.18. The second-order valence-corrected chi connectivity index (χ2v) is 4.64. The fourth-order valence-electron chi connectivity index (χ4n) is 2.08. The van der Waals surface area contributed by atoms with Crippen molar-refractivity contribution in [1.29, 1.82) is 0 Å². The summed E-state index contributed by atoms with van der Waals surface area (Å²) in [4.78, 5) is 25.8. The van der Waals surface area contributed by atoms with Crippen molar-refractivity contribution in [2.45, 2.75) is 19.4 Å². The highest BCUT2D eigenvalue weighted by molar-refractivity contribution is 5.97. The highest BCUT2D eigenvalue weighted by atomic mass is 35.5. The van der Waals surface area contributed by atoms with Gasteiger partial charge in [-0.15, -0.1) is 12.4 Å². The van der Waals surface area contributed by atoms with Gasteiger partial charge in [0.1, 0.15) is 12.3 Å². The molecule has 0 bridgehead atoms. The summed E-state index contributed by atoms with van der Waals surface area (Å²) in [5.74, 6) is -0.330. The van der Waals surface area contributed by atoms with Gasteiger partial charge in [-0.2, -0.15) is 0 Å². The van der Waals surface area contributed by atoms with Crippen LogP contribution in [0.4, 0.5) is 0 Å². The van der Waals surface area contributed by atoms with E-state index in [1.165, 1.54) is 12.5 Å². The third-order valence-electron chi connectivity index (χ3n) is 3.15. The Morgan fingerprint density at radius 1 is 1.40 bits per heavy atom. The summed E-state index contributed by atoms with van der Waals surface area (Å²) >= 11 is 0. The van der Waals surface area contributed by atoms with Gasteiger partial charge in [-0.25, -0.2) is 0 Å². The van der Waals surface area contributed by atoms with Crippen LogP contribution in [0.1, 0.15) is 23.7 Å². The molecule has 7 heteroatoms. The van der Waals surface area contributed by atoms with Crippen LogP contribution in [-0.2, 0) is 4.79 Å². The lowest BCUT2D eigenvalue weighted by Crippen LogP contribution is -2.47. The van der Waals surface area contributed by atoms with Crippen LogP contribution < -0.4 is 10.6 Å². The van der Waals surface area contributed by atoms with E-state index < -0.39 is 6.04 Å². The van der Waals surface area contributed by atoms with E-state index in [4.69, 9.17) is 4.42 Å². The molecule has 6 nitrogen and oxygen atoms in total. The minimum absolute atomic E-state index is 0. The number of halogens is 1. The fourth-order valence-corrected chi connectivity index (χ4v) is 2.08. The second kappa shape index (κ2) is 7.91. The molecular weight excluding hydrogens is 282 g/mol. The molecule has 1 unspecified atom stereocenters. The minimum Gasteiger partial charge on any atom is -0.472 e. The molecule has 1 aromatic heterocycles. The van der Waals surface area contributed by atoms with Gasteiger partial charge in [0.2, 0.25) is 5.91 Å². The lowest BCUT2D eigenvalue weighted by molar-refractivity contribution is -0.132. The van der Waals surface area contributed by atoms with Crippen molar-refractivity contribution in [2.75, 3.05) is 26.2 Å². The molecule has 1 aliphatic heterocycles. The summed E-state index contributed by atoms with van der Waals surface area (Å²) in [6.45, 7) is 4.86. The van der Waals surface area contributed by atoms with Gasteiger partial charge < -0.3 is 20.0 Å². The Morgan fingerprint density at radius 2 is 2.20 bits per heavy atom. The maximum absolute atomic E-state index is 12.2. The van der Waals surface area contributed by atoms with Gasteiger partial charge in [-0.05, 0) is 26.0 Å². The molecule has 2 heterocycles. The Bertz CT molecular complexity index is 428. The van der Waals surface area contributed by atoms with Crippen LogP contribution in [0.25, 0.3) is 0 Å². The van der Waals surface area contributed by atoms with Crippen molar-refractivity contribution < 1.29 is 14.0 Å². The standard InChI is InChI=1S/C13H19N3O3.ClH/c1-10(15-12(17)11-3-8-19-9-11)13(18)16-6-2-4-14-5-7-16;/h3,8-10,14H,2,4-7H2,1H3,(H,15,17);1H. The van der Waals surface area contributed by atoms with Crippen LogP contribution in [0, 0.1) is 0 Å². The van der Waals surface area contributed by atoms with Crippen molar-refractivity contribution in [3.8, 4) is 0 Å². The number of nitrogens with zero attached hydrogens (tertiary/aromatic N) is 1. The Labute approximate surface area is 124 Å². The Kier molecular flexibility index (Phi) is 6.54. The van der Waals surface area contributed by atoms with Crippen molar-refractivity contribution in [1.82, 2.24) is 15.5 Å². The number of hydrogen-bond donors (Lipinski definition) is 2. The monoisotopic (exact) mass is 301 g/mol. The first-order valence-corrected chi connectivity index (χ1v) is 6.51. The molecule has 1 saturated heterocycles.